The van der Waals surface area contributed by atoms with E-state index in [9.17, 15) is 14.4 Å². The average Bonchev–Trinajstić information content (AvgIpc) is 2.98. The molecule has 0 unspecified atom stereocenters. The van der Waals surface area contributed by atoms with E-state index in [1.54, 1.807) is 19.2 Å². The van der Waals surface area contributed by atoms with Crippen LogP contribution in [0.2, 0.25) is 0 Å². The number of thiazole rings is 1. The van der Waals surface area contributed by atoms with Gasteiger partial charge in [-0.2, -0.15) is 0 Å². The van der Waals surface area contributed by atoms with Gasteiger partial charge in [0.25, 0.3) is 0 Å². The Morgan fingerprint density at radius 2 is 1.93 bits per heavy atom. The number of aryl methyl sites for hydroxylation is 2. The lowest BCUT2D eigenvalue weighted by atomic mass is 10.0. The van der Waals surface area contributed by atoms with Crippen molar-refractivity contribution in [3.05, 3.63) is 61.8 Å². The number of esters is 2. The molecule has 28 heavy (non-hydrogen) atoms. The van der Waals surface area contributed by atoms with Crippen LogP contribution in [-0.2, 0) is 27.4 Å². The van der Waals surface area contributed by atoms with Crippen LogP contribution in [0.5, 0.6) is 0 Å². The zero-order chi connectivity index (χ0) is 20.3. The van der Waals surface area contributed by atoms with Gasteiger partial charge in [0.2, 0.25) is 0 Å². The Morgan fingerprint density at radius 3 is 2.61 bits per heavy atom. The second kappa shape index (κ2) is 8.35. The molecule has 3 rings (SSSR count). The molecule has 7 nitrogen and oxygen atoms in total. The highest BCUT2D eigenvalue weighted by atomic mass is 32.1. The first-order valence-electron chi connectivity index (χ1n) is 8.78. The highest BCUT2D eigenvalue weighted by Crippen LogP contribution is 2.24. The maximum atomic E-state index is 12.5. The Bertz CT molecular complexity index is 1100. The molecule has 0 spiro atoms. The zero-order valence-electron chi connectivity index (χ0n) is 15.9. The minimum Gasteiger partial charge on any atom is -0.462 e. The van der Waals surface area contributed by atoms with Crippen LogP contribution in [0.1, 0.15) is 34.2 Å². The summed E-state index contributed by atoms with van der Waals surface area (Å²) in [5, 5.41) is 2.52. The molecule has 2 aromatic heterocycles. The van der Waals surface area contributed by atoms with Crippen LogP contribution in [0.15, 0.2) is 34.4 Å². The van der Waals surface area contributed by atoms with Gasteiger partial charge in [0.15, 0.2) is 0 Å². The lowest BCUT2D eigenvalue weighted by Crippen LogP contribution is -2.22. The Morgan fingerprint density at radius 1 is 1.18 bits per heavy atom. The normalized spacial score (nSPS) is 10.8. The van der Waals surface area contributed by atoms with Crippen LogP contribution in [0.3, 0.4) is 0 Å². The summed E-state index contributed by atoms with van der Waals surface area (Å²) >= 11 is 1.03. The summed E-state index contributed by atoms with van der Waals surface area (Å²) < 4.78 is 11.8. The summed E-state index contributed by atoms with van der Waals surface area (Å²) in [4.78, 5) is 40.7. The molecule has 0 aliphatic rings. The summed E-state index contributed by atoms with van der Waals surface area (Å²) in [6.07, 6.45) is 0. The summed E-state index contributed by atoms with van der Waals surface area (Å²) in [6, 6.07) is 7.42. The van der Waals surface area contributed by atoms with Gasteiger partial charge in [-0.15, -0.1) is 0 Å². The second-order valence-electron chi connectivity index (χ2n) is 6.19. The maximum absolute atomic E-state index is 12.5. The van der Waals surface area contributed by atoms with Crippen LogP contribution < -0.4 is 4.87 Å². The molecular formula is C20H20N2O5S. The van der Waals surface area contributed by atoms with Gasteiger partial charge in [-0.25, -0.2) is 9.78 Å². The third-order valence-electron chi connectivity index (χ3n) is 4.34. The molecule has 0 aliphatic heterocycles. The zero-order valence-corrected chi connectivity index (χ0v) is 16.7. The molecule has 3 aromatic rings. The number of fused-ring (bicyclic) bond motifs is 1. The topological polar surface area (TPSA) is 87.5 Å². The molecule has 0 bridgehead atoms. The fourth-order valence-electron chi connectivity index (χ4n) is 2.94. The van der Waals surface area contributed by atoms with Crippen LogP contribution in [0.4, 0.5) is 0 Å². The molecule has 1 aromatic carbocycles. The number of rotatable bonds is 6. The largest absolute Gasteiger partial charge is 0.462 e. The fourth-order valence-corrected chi connectivity index (χ4v) is 3.67. The van der Waals surface area contributed by atoms with Crippen molar-refractivity contribution in [1.82, 2.24) is 9.55 Å². The van der Waals surface area contributed by atoms with Crippen LogP contribution >= 0.6 is 11.3 Å². The molecule has 0 aliphatic carbocycles. The van der Waals surface area contributed by atoms with E-state index in [4.69, 9.17) is 9.47 Å². The summed E-state index contributed by atoms with van der Waals surface area (Å²) in [7, 11) is 0. The molecule has 8 heteroatoms. The smallest absolute Gasteiger partial charge is 0.340 e. The predicted octanol–water partition coefficient (Wildman–Crippen LogP) is 2.99. The van der Waals surface area contributed by atoms with E-state index >= 15 is 0 Å². The standard InChI is InChI=1S/C20H20N2O5S/c1-4-26-19(24)18-13(3)14-7-5-6-8-15(14)21-16(18)10-27-17(23)9-22-12(2)11-28-20(22)25/h5-8,11H,4,9-10H2,1-3H3. The lowest BCUT2D eigenvalue weighted by Gasteiger charge is -2.14. The molecule has 0 radical (unpaired) electrons. The highest BCUT2D eigenvalue weighted by molar-refractivity contribution is 7.07. The SMILES string of the molecule is CCOC(=O)c1c(COC(=O)Cn2c(C)csc2=O)nc2ccccc2c1C. The van der Waals surface area contributed by atoms with Crippen molar-refractivity contribution in [2.75, 3.05) is 6.61 Å². The second-order valence-corrected chi connectivity index (χ2v) is 7.01. The third kappa shape index (κ3) is 3.96. The van der Waals surface area contributed by atoms with Gasteiger partial charge in [-0.3, -0.25) is 14.2 Å². The lowest BCUT2D eigenvalue weighted by molar-refractivity contribution is -0.145. The van der Waals surface area contributed by atoms with Crippen molar-refractivity contribution in [2.45, 2.75) is 33.9 Å². The number of aromatic nitrogens is 2. The van der Waals surface area contributed by atoms with Gasteiger partial charge in [0.1, 0.15) is 13.2 Å². The van der Waals surface area contributed by atoms with E-state index in [-0.39, 0.29) is 24.6 Å². The molecule has 0 fully saturated rings. The summed E-state index contributed by atoms with van der Waals surface area (Å²) in [5.41, 5.74) is 2.75. The molecule has 0 saturated carbocycles. The van der Waals surface area contributed by atoms with Gasteiger partial charge in [-0.1, -0.05) is 29.5 Å². The first kappa shape index (κ1) is 19.8. The third-order valence-corrected chi connectivity index (χ3v) is 5.22. The van der Waals surface area contributed by atoms with E-state index < -0.39 is 11.9 Å². The highest BCUT2D eigenvalue weighted by Gasteiger charge is 2.21. The number of benzene rings is 1. The Kier molecular flexibility index (Phi) is 5.89. The van der Waals surface area contributed by atoms with Crippen LogP contribution in [0.25, 0.3) is 10.9 Å². The van der Waals surface area contributed by atoms with Gasteiger partial charge in [0, 0.05) is 16.5 Å². The van der Waals surface area contributed by atoms with E-state index in [0.29, 0.717) is 22.5 Å². The minimum atomic E-state index is -0.578. The van der Waals surface area contributed by atoms with E-state index in [2.05, 4.69) is 4.98 Å². The molecule has 0 saturated heterocycles. The number of hydrogen-bond acceptors (Lipinski definition) is 7. The van der Waals surface area contributed by atoms with Gasteiger partial charge in [0.05, 0.1) is 23.4 Å². The quantitative estimate of drug-likeness (QED) is 0.591. The molecule has 0 N–H and O–H groups in total. The fraction of sp³-hybridized carbons (Fsp3) is 0.300. The van der Waals surface area contributed by atoms with E-state index in [1.807, 2.05) is 31.2 Å². The Balaban J connectivity index is 1.89. The van der Waals surface area contributed by atoms with Crippen molar-refractivity contribution in [2.24, 2.45) is 0 Å². The van der Waals surface area contributed by atoms with Gasteiger partial charge < -0.3 is 9.47 Å². The van der Waals surface area contributed by atoms with Crippen molar-refractivity contribution in [3.63, 3.8) is 0 Å². The van der Waals surface area contributed by atoms with Crippen LogP contribution in [-0.4, -0.2) is 28.1 Å². The molecule has 0 amide bonds. The monoisotopic (exact) mass is 400 g/mol. The number of para-hydroxylation sites is 1. The average molecular weight is 400 g/mol. The number of carbonyl (C=O) groups is 2. The first-order valence-corrected chi connectivity index (χ1v) is 9.66. The molecular weight excluding hydrogens is 380 g/mol. The van der Waals surface area contributed by atoms with E-state index in [1.165, 1.54) is 4.57 Å². The van der Waals surface area contributed by atoms with Crippen LogP contribution in [0, 0.1) is 13.8 Å². The van der Waals surface area contributed by atoms with Crippen molar-refractivity contribution in [3.8, 4) is 0 Å². The number of ether oxygens (including phenoxy) is 2. The van der Waals surface area contributed by atoms with Gasteiger partial charge in [-0.05, 0) is 32.4 Å². The van der Waals surface area contributed by atoms with Gasteiger partial charge >= 0.3 is 16.8 Å². The van der Waals surface area contributed by atoms with Crippen molar-refractivity contribution < 1.29 is 19.1 Å². The number of carbonyl (C=O) groups excluding carboxylic acids is 2. The first-order chi connectivity index (χ1) is 13.4. The number of pyridine rings is 1. The van der Waals surface area contributed by atoms with E-state index in [0.717, 1.165) is 22.3 Å². The predicted molar refractivity (Wildman–Crippen MR) is 106 cm³/mol. The molecule has 0 atom stereocenters. The number of nitrogens with zero attached hydrogens (tertiary/aromatic N) is 2. The Hall–Kier alpha value is -3.00. The molecule has 146 valence electrons. The van der Waals surface area contributed by atoms with Crippen molar-refractivity contribution in [1.29, 1.82) is 0 Å². The van der Waals surface area contributed by atoms with Crippen molar-refractivity contribution >= 4 is 34.2 Å². The summed E-state index contributed by atoms with van der Waals surface area (Å²) in [5.74, 6) is -1.08. The Labute approximate surface area is 165 Å². The molecule has 2 heterocycles. The summed E-state index contributed by atoms with van der Waals surface area (Å²) in [6.45, 7) is 5.15. The minimum absolute atomic E-state index is 0.184. The maximum Gasteiger partial charge on any atom is 0.340 e. The number of hydrogen-bond donors (Lipinski definition) is 0.